The molecule has 0 spiro atoms. The minimum atomic E-state index is -1.01. The maximum atomic E-state index is 12.4. The number of hydrogen-bond acceptors (Lipinski definition) is 4. The Morgan fingerprint density at radius 3 is 2.71 bits per heavy atom. The standard InChI is InChI=1S/C16H24N4O4/c1-13(21)20(11-16(23)24)14-3-2-7-19(9-4-14)15(22)5-8-18-10-6-17-12-18/h6,10,12,14H,2-5,7-9,11H2,1H3,(H,23,24). The number of hydrogen-bond donors (Lipinski definition) is 1. The minimum absolute atomic E-state index is 0.0805. The summed E-state index contributed by atoms with van der Waals surface area (Å²) >= 11 is 0. The average molecular weight is 336 g/mol. The number of nitrogens with zero attached hydrogens (tertiary/aromatic N) is 4. The van der Waals surface area contributed by atoms with Crippen molar-refractivity contribution >= 4 is 17.8 Å². The second-order valence-corrected chi connectivity index (χ2v) is 6.06. The number of likely N-dealkylation sites (tertiary alicyclic amines) is 1. The number of imidazole rings is 1. The van der Waals surface area contributed by atoms with Crippen LogP contribution in [0.1, 0.15) is 32.6 Å². The first-order chi connectivity index (χ1) is 11.5. The Hall–Kier alpha value is -2.38. The summed E-state index contributed by atoms with van der Waals surface area (Å²) in [5, 5.41) is 8.97. The highest BCUT2D eigenvalue weighted by Crippen LogP contribution is 2.18. The van der Waals surface area contributed by atoms with Gasteiger partial charge < -0.3 is 19.5 Å². The Balaban J connectivity index is 1.87. The Morgan fingerprint density at radius 2 is 2.08 bits per heavy atom. The number of carboxylic acid groups (broad SMARTS) is 1. The molecule has 132 valence electrons. The van der Waals surface area contributed by atoms with E-state index in [2.05, 4.69) is 4.98 Å². The van der Waals surface area contributed by atoms with E-state index in [0.29, 0.717) is 32.5 Å². The highest BCUT2D eigenvalue weighted by atomic mass is 16.4. The number of aromatic nitrogens is 2. The van der Waals surface area contributed by atoms with E-state index >= 15 is 0 Å². The van der Waals surface area contributed by atoms with Crippen molar-refractivity contribution < 1.29 is 19.5 Å². The van der Waals surface area contributed by atoms with Crippen molar-refractivity contribution in [3.63, 3.8) is 0 Å². The third kappa shape index (κ3) is 5.07. The van der Waals surface area contributed by atoms with Gasteiger partial charge in [0, 0.05) is 51.4 Å². The lowest BCUT2D eigenvalue weighted by molar-refractivity contribution is -0.145. The summed E-state index contributed by atoms with van der Waals surface area (Å²) in [5.41, 5.74) is 0. The molecule has 1 aliphatic heterocycles. The molecule has 0 saturated carbocycles. The first kappa shape index (κ1) is 18.0. The number of aliphatic carboxylic acids is 1. The van der Waals surface area contributed by atoms with E-state index in [0.717, 1.165) is 12.8 Å². The van der Waals surface area contributed by atoms with Crippen LogP contribution in [-0.4, -0.2) is 67.9 Å². The van der Waals surface area contributed by atoms with Gasteiger partial charge >= 0.3 is 5.97 Å². The molecule has 1 aromatic heterocycles. The lowest BCUT2D eigenvalue weighted by atomic mass is 10.1. The molecule has 2 rings (SSSR count). The molecule has 1 N–H and O–H groups in total. The molecule has 1 unspecified atom stereocenters. The fraction of sp³-hybridized carbons (Fsp3) is 0.625. The molecule has 0 radical (unpaired) electrons. The van der Waals surface area contributed by atoms with E-state index in [9.17, 15) is 14.4 Å². The van der Waals surface area contributed by atoms with Crippen LogP contribution >= 0.6 is 0 Å². The van der Waals surface area contributed by atoms with Gasteiger partial charge in [-0.25, -0.2) is 4.98 Å². The van der Waals surface area contributed by atoms with Crippen LogP contribution in [0.15, 0.2) is 18.7 Å². The van der Waals surface area contributed by atoms with Crippen LogP contribution in [0.5, 0.6) is 0 Å². The maximum Gasteiger partial charge on any atom is 0.323 e. The van der Waals surface area contributed by atoms with Gasteiger partial charge in [-0.1, -0.05) is 0 Å². The molecule has 8 heteroatoms. The van der Waals surface area contributed by atoms with Gasteiger partial charge in [0.15, 0.2) is 0 Å². The summed E-state index contributed by atoms with van der Waals surface area (Å²) in [6, 6.07) is -0.120. The highest BCUT2D eigenvalue weighted by Gasteiger charge is 2.27. The summed E-state index contributed by atoms with van der Waals surface area (Å²) in [4.78, 5) is 42.2. The number of carbonyl (C=O) groups excluding carboxylic acids is 2. The molecule has 2 heterocycles. The van der Waals surface area contributed by atoms with Gasteiger partial charge in [0.2, 0.25) is 11.8 Å². The quantitative estimate of drug-likeness (QED) is 0.820. The van der Waals surface area contributed by atoms with Crippen molar-refractivity contribution in [3.8, 4) is 0 Å². The number of carbonyl (C=O) groups is 3. The molecule has 1 aliphatic rings. The first-order valence-electron chi connectivity index (χ1n) is 8.20. The second kappa shape index (κ2) is 8.47. The largest absolute Gasteiger partial charge is 0.480 e. The number of rotatable bonds is 6. The smallest absolute Gasteiger partial charge is 0.323 e. The average Bonchev–Trinajstić information content (AvgIpc) is 2.93. The fourth-order valence-corrected chi connectivity index (χ4v) is 3.08. The van der Waals surface area contributed by atoms with Crippen LogP contribution in [0.4, 0.5) is 0 Å². The molecule has 8 nitrogen and oxygen atoms in total. The van der Waals surface area contributed by atoms with E-state index in [-0.39, 0.29) is 24.4 Å². The normalized spacial score (nSPS) is 18.0. The monoisotopic (exact) mass is 336 g/mol. The number of carboxylic acids is 1. The van der Waals surface area contributed by atoms with Crippen LogP contribution in [0.25, 0.3) is 0 Å². The summed E-state index contributed by atoms with van der Waals surface area (Å²) < 4.78 is 1.86. The van der Waals surface area contributed by atoms with Crippen LogP contribution in [0, 0.1) is 0 Å². The fourth-order valence-electron chi connectivity index (χ4n) is 3.08. The number of aryl methyl sites for hydroxylation is 1. The molecule has 1 atom stereocenters. The molecule has 0 aromatic carbocycles. The van der Waals surface area contributed by atoms with E-state index in [1.807, 2.05) is 15.7 Å². The van der Waals surface area contributed by atoms with Gasteiger partial charge in [0.05, 0.1) is 6.33 Å². The van der Waals surface area contributed by atoms with Crippen molar-refractivity contribution in [1.29, 1.82) is 0 Å². The zero-order chi connectivity index (χ0) is 17.5. The maximum absolute atomic E-state index is 12.4. The van der Waals surface area contributed by atoms with E-state index in [1.54, 1.807) is 12.5 Å². The third-order valence-corrected chi connectivity index (χ3v) is 4.34. The topological polar surface area (TPSA) is 95.7 Å². The first-order valence-corrected chi connectivity index (χ1v) is 8.20. The molecular formula is C16H24N4O4. The molecule has 24 heavy (non-hydrogen) atoms. The lowest BCUT2D eigenvalue weighted by Gasteiger charge is -2.28. The molecule has 2 amide bonds. The molecule has 1 aromatic rings. The van der Waals surface area contributed by atoms with Crippen molar-refractivity contribution in [3.05, 3.63) is 18.7 Å². The van der Waals surface area contributed by atoms with Crippen LogP contribution in [0.3, 0.4) is 0 Å². The SMILES string of the molecule is CC(=O)N(CC(=O)O)C1CCCN(C(=O)CCn2ccnc2)CC1. The highest BCUT2D eigenvalue weighted by molar-refractivity contribution is 5.80. The Morgan fingerprint density at radius 1 is 1.29 bits per heavy atom. The predicted octanol–water partition coefficient (Wildman–Crippen LogP) is 0.587. The Bertz CT molecular complexity index is 573. The second-order valence-electron chi connectivity index (χ2n) is 6.06. The Labute approximate surface area is 141 Å². The van der Waals surface area contributed by atoms with Gasteiger partial charge in [-0.15, -0.1) is 0 Å². The van der Waals surface area contributed by atoms with Crippen LogP contribution in [-0.2, 0) is 20.9 Å². The van der Waals surface area contributed by atoms with Crippen LogP contribution in [0.2, 0.25) is 0 Å². The molecule has 1 fully saturated rings. The lowest BCUT2D eigenvalue weighted by Crippen LogP contribution is -2.43. The minimum Gasteiger partial charge on any atom is -0.480 e. The summed E-state index contributed by atoms with van der Waals surface area (Å²) in [6.07, 6.45) is 7.70. The van der Waals surface area contributed by atoms with Crippen molar-refractivity contribution in [2.75, 3.05) is 19.6 Å². The molecule has 0 bridgehead atoms. The van der Waals surface area contributed by atoms with Gasteiger partial charge in [0.25, 0.3) is 0 Å². The Kier molecular flexibility index (Phi) is 6.34. The summed E-state index contributed by atoms with van der Waals surface area (Å²) in [7, 11) is 0. The zero-order valence-electron chi connectivity index (χ0n) is 13.9. The van der Waals surface area contributed by atoms with E-state index in [1.165, 1.54) is 11.8 Å². The molecular weight excluding hydrogens is 312 g/mol. The van der Waals surface area contributed by atoms with Gasteiger partial charge in [-0.05, 0) is 19.3 Å². The summed E-state index contributed by atoms with van der Waals surface area (Å²) in [5.74, 6) is -1.16. The van der Waals surface area contributed by atoms with Crippen molar-refractivity contribution in [2.24, 2.45) is 0 Å². The van der Waals surface area contributed by atoms with Crippen LogP contribution < -0.4 is 0 Å². The number of amides is 2. The zero-order valence-corrected chi connectivity index (χ0v) is 13.9. The molecule has 1 saturated heterocycles. The van der Waals surface area contributed by atoms with E-state index < -0.39 is 5.97 Å². The summed E-state index contributed by atoms with van der Waals surface area (Å²) in [6.45, 7) is 2.91. The van der Waals surface area contributed by atoms with Crippen molar-refractivity contribution in [1.82, 2.24) is 19.4 Å². The van der Waals surface area contributed by atoms with Gasteiger partial charge in [-0.3, -0.25) is 14.4 Å². The van der Waals surface area contributed by atoms with Gasteiger partial charge in [0.1, 0.15) is 6.54 Å². The van der Waals surface area contributed by atoms with Crippen molar-refractivity contribution in [2.45, 2.75) is 45.2 Å². The third-order valence-electron chi connectivity index (χ3n) is 4.34. The van der Waals surface area contributed by atoms with Gasteiger partial charge in [-0.2, -0.15) is 0 Å². The van der Waals surface area contributed by atoms with E-state index in [4.69, 9.17) is 5.11 Å². The predicted molar refractivity (Wildman–Crippen MR) is 86.1 cm³/mol. The molecule has 0 aliphatic carbocycles.